The molecule has 1 aliphatic heterocycles. The zero-order chi connectivity index (χ0) is 17.5. The highest BCUT2D eigenvalue weighted by Crippen LogP contribution is 2.21. The van der Waals surface area contributed by atoms with Gasteiger partial charge >= 0.3 is 0 Å². The monoisotopic (exact) mass is 332 g/mol. The minimum Gasteiger partial charge on any atom is -0.497 e. The topological polar surface area (TPSA) is 49.9 Å². The Morgan fingerprint density at radius 2 is 2.04 bits per heavy atom. The maximum Gasteiger partial charge on any atom is 0.227 e. The summed E-state index contributed by atoms with van der Waals surface area (Å²) in [7, 11) is 3.48. The number of hydrogen-bond donors (Lipinski definition) is 0. The third kappa shape index (κ3) is 4.73. The summed E-state index contributed by atoms with van der Waals surface area (Å²) in [6, 6.07) is 7.88. The van der Waals surface area contributed by atoms with E-state index in [4.69, 9.17) is 4.74 Å². The third-order valence-corrected chi connectivity index (χ3v) is 4.62. The number of likely N-dealkylation sites (tertiary alicyclic amines) is 1. The van der Waals surface area contributed by atoms with Gasteiger partial charge in [-0.1, -0.05) is 25.5 Å². The molecule has 5 heteroatoms. The van der Waals surface area contributed by atoms with Crippen LogP contribution in [0.5, 0.6) is 5.75 Å². The molecular weight excluding hydrogens is 304 g/mol. The van der Waals surface area contributed by atoms with Crippen molar-refractivity contribution in [3.8, 4) is 5.75 Å². The SMILES string of the molecule is CCCCN(C)C(=O)C1CC(=O)N(CCc2ccc(OC)cc2)C1. The van der Waals surface area contributed by atoms with Crippen LogP contribution in [-0.4, -0.2) is 55.4 Å². The predicted octanol–water partition coefficient (Wildman–Crippen LogP) is 2.34. The lowest BCUT2D eigenvalue weighted by molar-refractivity contribution is -0.134. The van der Waals surface area contributed by atoms with Crippen LogP contribution in [0.1, 0.15) is 31.7 Å². The standard InChI is InChI=1S/C19H28N2O3/c1-4-5-11-20(2)19(23)16-13-18(22)21(14-16)12-10-15-6-8-17(24-3)9-7-15/h6-9,16H,4-5,10-14H2,1-3H3. The fourth-order valence-electron chi connectivity index (χ4n) is 3.03. The Balaban J connectivity index is 1.84. The molecule has 132 valence electrons. The van der Waals surface area contributed by atoms with Gasteiger partial charge in [-0.05, 0) is 30.5 Å². The van der Waals surface area contributed by atoms with Crippen molar-refractivity contribution in [2.75, 3.05) is 33.8 Å². The van der Waals surface area contributed by atoms with Crippen LogP contribution in [0.2, 0.25) is 0 Å². The molecule has 0 aliphatic carbocycles. The van der Waals surface area contributed by atoms with E-state index < -0.39 is 0 Å². The molecule has 1 aliphatic rings. The zero-order valence-corrected chi connectivity index (χ0v) is 15.0. The van der Waals surface area contributed by atoms with E-state index in [2.05, 4.69) is 6.92 Å². The number of nitrogens with zero attached hydrogens (tertiary/aromatic N) is 2. The summed E-state index contributed by atoms with van der Waals surface area (Å²) >= 11 is 0. The van der Waals surface area contributed by atoms with Crippen molar-refractivity contribution in [1.29, 1.82) is 0 Å². The lowest BCUT2D eigenvalue weighted by Crippen LogP contribution is -2.35. The molecule has 0 saturated carbocycles. The number of hydrogen-bond acceptors (Lipinski definition) is 3. The summed E-state index contributed by atoms with van der Waals surface area (Å²) in [5, 5.41) is 0. The Morgan fingerprint density at radius 1 is 1.33 bits per heavy atom. The smallest absolute Gasteiger partial charge is 0.227 e. The van der Waals surface area contributed by atoms with E-state index >= 15 is 0 Å². The van der Waals surface area contributed by atoms with Crippen molar-refractivity contribution in [2.24, 2.45) is 5.92 Å². The van der Waals surface area contributed by atoms with E-state index in [0.717, 1.165) is 31.6 Å². The average molecular weight is 332 g/mol. The molecule has 1 atom stereocenters. The fourth-order valence-corrected chi connectivity index (χ4v) is 3.03. The van der Waals surface area contributed by atoms with Gasteiger partial charge in [0.1, 0.15) is 5.75 Å². The van der Waals surface area contributed by atoms with E-state index in [1.165, 1.54) is 5.56 Å². The zero-order valence-electron chi connectivity index (χ0n) is 15.0. The van der Waals surface area contributed by atoms with Crippen molar-refractivity contribution in [1.82, 2.24) is 9.80 Å². The van der Waals surface area contributed by atoms with Crippen LogP contribution in [0.4, 0.5) is 0 Å². The van der Waals surface area contributed by atoms with Gasteiger partial charge in [0.05, 0.1) is 13.0 Å². The Hall–Kier alpha value is -2.04. The molecule has 1 saturated heterocycles. The van der Waals surface area contributed by atoms with E-state index in [1.54, 1.807) is 12.0 Å². The van der Waals surface area contributed by atoms with Crippen molar-refractivity contribution in [3.05, 3.63) is 29.8 Å². The molecule has 1 fully saturated rings. The Kier molecular flexibility index (Phi) is 6.64. The number of ether oxygens (including phenoxy) is 1. The predicted molar refractivity (Wildman–Crippen MR) is 93.9 cm³/mol. The number of methoxy groups -OCH3 is 1. The summed E-state index contributed by atoms with van der Waals surface area (Å²) in [5.74, 6) is 0.835. The highest BCUT2D eigenvalue weighted by atomic mass is 16.5. The molecule has 1 heterocycles. The number of benzene rings is 1. The van der Waals surface area contributed by atoms with Crippen molar-refractivity contribution < 1.29 is 14.3 Å². The number of unbranched alkanes of at least 4 members (excludes halogenated alkanes) is 1. The molecule has 0 radical (unpaired) electrons. The average Bonchev–Trinajstić information content (AvgIpc) is 2.98. The van der Waals surface area contributed by atoms with Crippen LogP contribution >= 0.6 is 0 Å². The molecule has 2 rings (SSSR count). The summed E-state index contributed by atoms with van der Waals surface area (Å²) < 4.78 is 5.15. The first-order chi connectivity index (χ1) is 11.5. The van der Waals surface area contributed by atoms with Crippen LogP contribution in [0, 0.1) is 5.92 Å². The molecule has 1 aromatic rings. The molecule has 0 N–H and O–H groups in total. The first-order valence-corrected chi connectivity index (χ1v) is 8.70. The number of amides is 2. The highest BCUT2D eigenvalue weighted by Gasteiger charge is 2.35. The van der Waals surface area contributed by atoms with E-state index in [0.29, 0.717) is 19.5 Å². The molecule has 0 aromatic heterocycles. The van der Waals surface area contributed by atoms with Crippen molar-refractivity contribution in [3.63, 3.8) is 0 Å². The summed E-state index contributed by atoms with van der Waals surface area (Å²) in [4.78, 5) is 28.2. The minimum absolute atomic E-state index is 0.0887. The summed E-state index contributed by atoms with van der Waals surface area (Å²) in [6.07, 6.45) is 3.21. The second kappa shape index (κ2) is 8.71. The van der Waals surface area contributed by atoms with Gasteiger partial charge in [0, 0.05) is 33.1 Å². The van der Waals surface area contributed by atoms with Gasteiger partial charge in [0.25, 0.3) is 0 Å². The van der Waals surface area contributed by atoms with Crippen LogP contribution in [-0.2, 0) is 16.0 Å². The Morgan fingerprint density at radius 3 is 2.67 bits per heavy atom. The van der Waals surface area contributed by atoms with Crippen LogP contribution in [0.15, 0.2) is 24.3 Å². The summed E-state index contributed by atoms with van der Waals surface area (Å²) in [6.45, 7) is 4.09. The maximum absolute atomic E-state index is 12.4. The van der Waals surface area contributed by atoms with Gasteiger partial charge < -0.3 is 14.5 Å². The number of carbonyl (C=O) groups is 2. The molecule has 24 heavy (non-hydrogen) atoms. The molecule has 1 aromatic carbocycles. The molecule has 1 unspecified atom stereocenters. The Bertz CT molecular complexity index is 556. The summed E-state index contributed by atoms with van der Waals surface area (Å²) in [5.41, 5.74) is 1.17. The van der Waals surface area contributed by atoms with Gasteiger partial charge in [0.2, 0.25) is 11.8 Å². The van der Waals surface area contributed by atoms with Crippen LogP contribution < -0.4 is 4.74 Å². The van der Waals surface area contributed by atoms with Gasteiger partial charge in [-0.15, -0.1) is 0 Å². The lowest BCUT2D eigenvalue weighted by Gasteiger charge is -2.21. The van der Waals surface area contributed by atoms with Gasteiger partial charge in [-0.25, -0.2) is 0 Å². The Labute approximate surface area is 144 Å². The van der Waals surface area contributed by atoms with E-state index in [9.17, 15) is 9.59 Å². The lowest BCUT2D eigenvalue weighted by atomic mass is 10.1. The maximum atomic E-state index is 12.4. The second-order valence-corrected chi connectivity index (χ2v) is 6.45. The second-order valence-electron chi connectivity index (χ2n) is 6.45. The molecule has 0 bridgehead atoms. The van der Waals surface area contributed by atoms with Crippen LogP contribution in [0.3, 0.4) is 0 Å². The minimum atomic E-state index is -0.185. The molecule has 2 amide bonds. The van der Waals surface area contributed by atoms with Gasteiger partial charge in [0.15, 0.2) is 0 Å². The van der Waals surface area contributed by atoms with E-state index in [-0.39, 0.29) is 17.7 Å². The van der Waals surface area contributed by atoms with E-state index in [1.807, 2.05) is 36.2 Å². The number of rotatable bonds is 8. The third-order valence-electron chi connectivity index (χ3n) is 4.62. The highest BCUT2D eigenvalue weighted by molar-refractivity contribution is 5.89. The first-order valence-electron chi connectivity index (χ1n) is 8.70. The van der Waals surface area contributed by atoms with Gasteiger partial charge in [-0.2, -0.15) is 0 Å². The quantitative estimate of drug-likeness (QED) is 0.734. The fraction of sp³-hybridized carbons (Fsp3) is 0.579. The largest absolute Gasteiger partial charge is 0.497 e. The van der Waals surface area contributed by atoms with Crippen molar-refractivity contribution in [2.45, 2.75) is 32.6 Å². The normalized spacial score (nSPS) is 17.2. The van der Waals surface area contributed by atoms with Gasteiger partial charge in [-0.3, -0.25) is 9.59 Å². The first kappa shape index (κ1) is 18.3. The van der Waals surface area contributed by atoms with Crippen LogP contribution in [0.25, 0.3) is 0 Å². The molecule has 0 spiro atoms. The molecular formula is C19H28N2O3. The molecule has 5 nitrogen and oxygen atoms in total. The van der Waals surface area contributed by atoms with Crippen molar-refractivity contribution >= 4 is 11.8 Å². The number of carbonyl (C=O) groups excluding carboxylic acids is 2.